The summed E-state index contributed by atoms with van der Waals surface area (Å²) in [6, 6.07) is 5.88. The van der Waals surface area contributed by atoms with Gasteiger partial charge in [0.15, 0.2) is 5.76 Å². The van der Waals surface area contributed by atoms with Crippen molar-refractivity contribution in [1.82, 2.24) is 9.78 Å². The molecule has 2 aromatic heterocycles. The summed E-state index contributed by atoms with van der Waals surface area (Å²) in [5.74, 6) is 0.870. The average Bonchev–Trinajstić information content (AvgIpc) is 2.72. The van der Waals surface area contributed by atoms with E-state index >= 15 is 0 Å². The summed E-state index contributed by atoms with van der Waals surface area (Å²) in [5.41, 5.74) is 2.12. The molecule has 13 heavy (non-hydrogen) atoms. The van der Waals surface area contributed by atoms with Crippen molar-refractivity contribution < 1.29 is 4.42 Å². The molecule has 2 rings (SSSR count). The lowest BCUT2D eigenvalue weighted by molar-refractivity contribution is 0.573. The van der Waals surface area contributed by atoms with Crippen molar-refractivity contribution in [3.05, 3.63) is 30.2 Å². The molecule has 0 aliphatic heterocycles. The predicted octanol–water partition coefficient (Wildman–Crippen LogP) is 2.24. The molecule has 0 spiro atoms. The summed E-state index contributed by atoms with van der Waals surface area (Å²) >= 11 is 0. The normalized spacial score (nSPS) is 10.6. The maximum Gasteiger partial charge on any atom is 0.151 e. The zero-order chi connectivity index (χ0) is 9.26. The maximum absolute atomic E-state index is 5.30. The van der Waals surface area contributed by atoms with Crippen molar-refractivity contribution in [2.75, 3.05) is 0 Å². The largest absolute Gasteiger partial charge is 0.463 e. The Morgan fingerprint density at radius 2 is 2.38 bits per heavy atom. The molecule has 3 nitrogen and oxygen atoms in total. The molecule has 0 saturated carbocycles. The lowest BCUT2D eigenvalue weighted by Crippen LogP contribution is -1.93. The lowest BCUT2D eigenvalue weighted by Gasteiger charge is -1.94. The van der Waals surface area contributed by atoms with E-state index in [4.69, 9.17) is 4.42 Å². The van der Waals surface area contributed by atoms with E-state index < -0.39 is 0 Å². The second-order valence-corrected chi connectivity index (χ2v) is 2.98. The smallest absolute Gasteiger partial charge is 0.151 e. The summed E-state index contributed by atoms with van der Waals surface area (Å²) in [7, 11) is 1.93. The summed E-state index contributed by atoms with van der Waals surface area (Å²) in [5, 5.41) is 4.34. The zero-order valence-electron chi connectivity index (χ0n) is 7.82. The van der Waals surface area contributed by atoms with E-state index in [9.17, 15) is 0 Å². The highest BCUT2D eigenvalue weighted by Gasteiger charge is 2.07. The molecule has 0 aromatic carbocycles. The van der Waals surface area contributed by atoms with Gasteiger partial charge in [0.05, 0.1) is 12.0 Å². The van der Waals surface area contributed by atoms with Gasteiger partial charge in [0.1, 0.15) is 5.69 Å². The van der Waals surface area contributed by atoms with Crippen LogP contribution in [0, 0.1) is 0 Å². The second-order valence-electron chi connectivity index (χ2n) is 2.98. The molecule has 0 saturated heterocycles. The van der Waals surface area contributed by atoms with Crippen molar-refractivity contribution in [2.24, 2.45) is 7.05 Å². The fourth-order valence-electron chi connectivity index (χ4n) is 1.35. The molecule has 0 radical (unpaired) electrons. The first-order valence-electron chi connectivity index (χ1n) is 4.38. The molecular weight excluding hydrogens is 164 g/mol. The van der Waals surface area contributed by atoms with Crippen LogP contribution in [0.1, 0.15) is 12.6 Å². The first-order valence-corrected chi connectivity index (χ1v) is 4.38. The van der Waals surface area contributed by atoms with Crippen molar-refractivity contribution in [1.29, 1.82) is 0 Å². The van der Waals surface area contributed by atoms with Gasteiger partial charge in [0, 0.05) is 7.05 Å². The van der Waals surface area contributed by atoms with Gasteiger partial charge in [0.25, 0.3) is 0 Å². The Bertz CT molecular complexity index is 387. The molecule has 68 valence electrons. The van der Waals surface area contributed by atoms with Gasteiger partial charge < -0.3 is 4.42 Å². The molecule has 0 fully saturated rings. The quantitative estimate of drug-likeness (QED) is 0.702. The number of rotatable bonds is 2. The third-order valence-electron chi connectivity index (χ3n) is 2.07. The van der Waals surface area contributed by atoms with Crippen LogP contribution in [0.15, 0.2) is 28.9 Å². The zero-order valence-corrected chi connectivity index (χ0v) is 7.82. The Hall–Kier alpha value is -1.51. The molecule has 0 aliphatic carbocycles. The Morgan fingerprint density at radius 1 is 1.54 bits per heavy atom. The summed E-state index contributed by atoms with van der Waals surface area (Å²) in [6.07, 6.45) is 2.63. The molecule has 0 bridgehead atoms. The number of aromatic nitrogens is 2. The van der Waals surface area contributed by atoms with Crippen LogP contribution in [0.5, 0.6) is 0 Å². The minimum absolute atomic E-state index is 0.870. The Balaban J connectivity index is 2.46. The number of hydrogen-bond acceptors (Lipinski definition) is 2. The average molecular weight is 176 g/mol. The van der Waals surface area contributed by atoms with Crippen molar-refractivity contribution >= 4 is 0 Å². The highest BCUT2D eigenvalue weighted by Crippen LogP contribution is 2.19. The predicted molar refractivity (Wildman–Crippen MR) is 50.3 cm³/mol. The maximum atomic E-state index is 5.30. The van der Waals surface area contributed by atoms with E-state index in [0.29, 0.717) is 0 Å². The summed E-state index contributed by atoms with van der Waals surface area (Å²) in [6.45, 7) is 2.09. The van der Waals surface area contributed by atoms with Gasteiger partial charge in [-0.3, -0.25) is 4.68 Å². The SMILES string of the molecule is CCc1cc(-c2ccco2)n(C)n1. The van der Waals surface area contributed by atoms with Gasteiger partial charge in [-0.2, -0.15) is 5.10 Å². The fraction of sp³-hybridized carbons (Fsp3) is 0.300. The van der Waals surface area contributed by atoms with Gasteiger partial charge in [-0.1, -0.05) is 6.92 Å². The lowest BCUT2D eigenvalue weighted by atomic mass is 10.2. The van der Waals surface area contributed by atoms with E-state index in [0.717, 1.165) is 23.6 Å². The third-order valence-corrected chi connectivity index (χ3v) is 2.07. The van der Waals surface area contributed by atoms with Crippen LogP contribution in [-0.4, -0.2) is 9.78 Å². The van der Waals surface area contributed by atoms with Crippen LogP contribution in [-0.2, 0) is 13.5 Å². The number of aryl methyl sites for hydroxylation is 2. The fourth-order valence-corrected chi connectivity index (χ4v) is 1.35. The minimum atomic E-state index is 0.870. The molecule has 3 heteroatoms. The molecule has 0 N–H and O–H groups in total. The van der Waals surface area contributed by atoms with E-state index in [1.165, 1.54) is 0 Å². The van der Waals surface area contributed by atoms with Crippen molar-refractivity contribution in [2.45, 2.75) is 13.3 Å². The van der Waals surface area contributed by atoms with Crippen LogP contribution < -0.4 is 0 Å². The molecule has 0 unspecified atom stereocenters. The van der Waals surface area contributed by atoms with Gasteiger partial charge in [-0.15, -0.1) is 0 Å². The number of furan rings is 1. The summed E-state index contributed by atoms with van der Waals surface area (Å²) in [4.78, 5) is 0. The molecule has 0 amide bonds. The van der Waals surface area contributed by atoms with E-state index in [1.807, 2.05) is 23.9 Å². The van der Waals surface area contributed by atoms with Crippen LogP contribution in [0.3, 0.4) is 0 Å². The van der Waals surface area contributed by atoms with Gasteiger partial charge >= 0.3 is 0 Å². The van der Waals surface area contributed by atoms with Crippen LogP contribution in [0.25, 0.3) is 11.5 Å². The third kappa shape index (κ3) is 1.37. The highest BCUT2D eigenvalue weighted by molar-refractivity contribution is 5.52. The van der Waals surface area contributed by atoms with E-state index in [2.05, 4.69) is 18.1 Å². The second kappa shape index (κ2) is 3.09. The van der Waals surface area contributed by atoms with Crippen LogP contribution >= 0.6 is 0 Å². The van der Waals surface area contributed by atoms with Crippen molar-refractivity contribution in [3.8, 4) is 11.5 Å². The summed E-state index contributed by atoms with van der Waals surface area (Å²) < 4.78 is 7.14. The monoisotopic (exact) mass is 176 g/mol. The molecule has 0 aliphatic rings. The Labute approximate surface area is 77.0 Å². The standard InChI is InChI=1S/C10H12N2O/c1-3-8-7-9(12(2)11-8)10-5-4-6-13-10/h4-7H,3H2,1-2H3. The van der Waals surface area contributed by atoms with Gasteiger partial charge in [0.2, 0.25) is 0 Å². The van der Waals surface area contributed by atoms with E-state index in [1.54, 1.807) is 6.26 Å². The first kappa shape index (κ1) is 8.10. The molecule has 2 aromatic rings. The van der Waals surface area contributed by atoms with Crippen LogP contribution in [0.2, 0.25) is 0 Å². The number of hydrogen-bond donors (Lipinski definition) is 0. The molecular formula is C10H12N2O. The topological polar surface area (TPSA) is 31.0 Å². The number of nitrogens with zero attached hydrogens (tertiary/aromatic N) is 2. The van der Waals surface area contributed by atoms with Gasteiger partial charge in [-0.05, 0) is 24.6 Å². The minimum Gasteiger partial charge on any atom is -0.463 e. The first-order chi connectivity index (χ1) is 6.31. The highest BCUT2D eigenvalue weighted by atomic mass is 16.3. The van der Waals surface area contributed by atoms with Crippen molar-refractivity contribution in [3.63, 3.8) is 0 Å². The van der Waals surface area contributed by atoms with Crippen LogP contribution in [0.4, 0.5) is 0 Å². The molecule has 2 heterocycles. The Kier molecular flexibility index (Phi) is 1.93. The Morgan fingerprint density at radius 3 is 2.92 bits per heavy atom. The molecule has 0 atom stereocenters. The van der Waals surface area contributed by atoms with E-state index in [-0.39, 0.29) is 0 Å². The van der Waals surface area contributed by atoms with Gasteiger partial charge in [-0.25, -0.2) is 0 Å².